The Hall–Kier alpha value is -1.06. The third-order valence-electron chi connectivity index (χ3n) is 2.40. The molecule has 2 rings (SSSR count). The molecular formula is C11H11Cl2N3. The summed E-state index contributed by atoms with van der Waals surface area (Å²) in [7, 11) is 0. The van der Waals surface area contributed by atoms with E-state index >= 15 is 0 Å². The van der Waals surface area contributed by atoms with Gasteiger partial charge >= 0.3 is 0 Å². The van der Waals surface area contributed by atoms with E-state index < -0.39 is 0 Å². The lowest BCUT2D eigenvalue weighted by molar-refractivity contribution is 0.792. The van der Waals surface area contributed by atoms with Gasteiger partial charge in [0.25, 0.3) is 0 Å². The van der Waals surface area contributed by atoms with E-state index in [0.29, 0.717) is 5.02 Å². The number of benzene rings is 1. The minimum Gasteiger partial charge on any atom is -0.220 e. The van der Waals surface area contributed by atoms with Gasteiger partial charge in [0.05, 0.1) is 17.3 Å². The summed E-state index contributed by atoms with van der Waals surface area (Å²) in [5.74, 6) is 0. The van der Waals surface area contributed by atoms with E-state index in [-0.39, 0.29) is 5.38 Å². The zero-order chi connectivity index (χ0) is 11.7. The second-order valence-corrected chi connectivity index (χ2v) is 4.65. The number of hydrogen-bond acceptors (Lipinski definition) is 2. The van der Waals surface area contributed by atoms with Gasteiger partial charge in [-0.25, -0.2) is 4.68 Å². The molecule has 1 aromatic heterocycles. The molecule has 0 aliphatic carbocycles. The Balaban J connectivity index is 2.47. The van der Waals surface area contributed by atoms with Crippen molar-refractivity contribution in [1.82, 2.24) is 15.0 Å². The number of aromatic nitrogens is 3. The van der Waals surface area contributed by atoms with E-state index in [1.807, 2.05) is 38.2 Å². The first-order chi connectivity index (χ1) is 7.59. The second-order valence-electron chi connectivity index (χ2n) is 3.59. The Morgan fingerprint density at radius 3 is 2.75 bits per heavy atom. The Kier molecular flexibility index (Phi) is 3.17. The summed E-state index contributed by atoms with van der Waals surface area (Å²) in [5, 5.41) is 8.61. The Morgan fingerprint density at radius 2 is 2.12 bits per heavy atom. The zero-order valence-corrected chi connectivity index (χ0v) is 10.5. The number of rotatable bonds is 2. The van der Waals surface area contributed by atoms with Crippen LogP contribution in [0.5, 0.6) is 0 Å². The van der Waals surface area contributed by atoms with Crippen molar-refractivity contribution < 1.29 is 0 Å². The highest BCUT2D eigenvalue weighted by atomic mass is 35.5. The monoisotopic (exact) mass is 255 g/mol. The highest BCUT2D eigenvalue weighted by molar-refractivity contribution is 6.31. The summed E-state index contributed by atoms with van der Waals surface area (Å²) in [5.41, 5.74) is 2.65. The second kappa shape index (κ2) is 4.44. The van der Waals surface area contributed by atoms with Crippen molar-refractivity contribution in [1.29, 1.82) is 0 Å². The predicted octanol–water partition coefficient (Wildman–Crippen LogP) is 3.53. The van der Waals surface area contributed by atoms with Crippen LogP contribution in [0.3, 0.4) is 0 Å². The van der Waals surface area contributed by atoms with Crippen molar-refractivity contribution in [3.63, 3.8) is 0 Å². The fraction of sp³-hybridized carbons (Fsp3) is 0.273. The molecule has 84 valence electrons. The van der Waals surface area contributed by atoms with Gasteiger partial charge in [-0.05, 0) is 31.5 Å². The summed E-state index contributed by atoms with van der Waals surface area (Å²) < 4.78 is 1.69. The van der Waals surface area contributed by atoms with Crippen LogP contribution in [0.2, 0.25) is 5.02 Å². The average molecular weight is 256 g/mol. The van der Waals surface area contributed by atoms with Gasteiger partial charge in [0.2, 0.25) is 0 Å². The molecule has 1 unspecified atom stereocenters. The molecule has 0 saturated heterocycles. The SMILES string of the molecule is Cc1c(Cl)cccc1-n1cc(C(C)Cl)nn1. The molecule has 0 aliphatic rings. The molecule has 0 fully saturated rings. The lowest BCUT2D eigenvalue weighted by atomic mass is 10.2. The standard InChI is InChI=1S/C11H11Cl2N3/c1-7-9(13)4-3-5-11(7)16-6-10(8(2)12)14-15-16/h3-6,8H,1-2H3. The van der Waals surface area contributed by atoms with Crippen LogP contribution in [0.4, 0.5) is 0 Å². The molecule has 2 aromatic rings. The molecule has 0 saturated carbocycles. The van der Waals surface area contributed by atoms with Crippen LogP contribution in [-0.4, -0.2) is 15.0 Å². The van der Waals surface area contributed by atoms with E-state index in [0.717, 1.165) is 16.9 Å². The highest BCUT2D eigenvalue weighted by Gasteiger charge is 2.10. The number of nitrogens with zero attached hydrogens (tertiary/aromatic N) is 3. The van der Waals surface area contributed by atoms with Gasteiger partial charge in [-0.15, -0.1) is 16.7 Å². The van der Waals surface area contributed by atoms with E-state index in [1.165, 1.54) is 0 Å². The molecule has 0 aliphatic heterocycles. The largest absolute Gasteiger partial charge is 0.220 e. The first kappa shape index (κ1) is 11.4. The third kappa shape index (κ3) is 2.06. The molecule has 0 radical (unpaired) electrons. The van der Waals surface area contributed by atoms with Crippen molar-refractivity contribution in [2.45, 2.75) is 19.2 Å². The van der Waals surface area contributed by atoms with Crippen LogP contribution in [0.15, 0.2) is 24.4 Å². The summed E-state index contributed by atoms with van der Waals surface area (Å²) in [6.45, 7) is 3.81. The quantitative estimate of drug-likeness (QED) is 0.769. The van der Waals surface area contributed by atoms with Crippen LogP contribution in [0.1, 0.15) is 23.6 Å². The first-order valence-corrected chi connectivity index (χ1v) is 5.73. The van der Waals surface area contributed by atoms with E-state index in [2.05, 4.69) is 10.3 Å². The van der Waals surface area contributed by atoms with Gasteiger partial charge in [0.1, 0.15) is 5.69 Å². The van der Waals surface area contributed by atoms with Crippen LogP contribution in [-0.2, 0) is 0 Å². The van der Waals surface area contributed by atoms with Gasteiger partial charge in [0, 0.05) is 5.02 Å². The summed E-state index contributed by atoms with van der Waals surface area (Å²) >= 11 is 12.0. The van der Waals surface area contributed by atoms with Crippen LogP contribution in [0, 0.1) is 6.92 Å². The third-order valence-corrected chi connectivity index (χ3v) is 3.04. The number of halogens is 2. The van der Waals surface area contributed by atoms with E-state index in [1.54, 1.807) is 4.68 Å². The maximum atomic E-state index is 6.05. The molecule has 1 atom stereocenters. The van der Waals surface area contributed by atoms with Gasteiger partial charge in [-0.2, -0.15) is 0 Å². The summed E-state index contributed by atoms with van der Waals surface area (Å²) in [4.78, 5) is 0. The highest BCUT2D eigenvalue weighted by Crippen LogP contribution is 2.23. The zero-order valence-electron chi connectivity index (χ0n) is 8.98. The molecule has 3 nitrogen and oxygen atoms in total. The van der Waals surface area contributed by atoms with Crippen molar-refractivity contribution in [3.05, 3.63) is 40.7 Å². The summed E-state index contributed by atoms with van der Waals surface area (Å²) in [6, 6.07) is 5.68. The van der Waals surface area contributed by atoms with Gasteiger partial charge in [-0.1, -0.05) is 22.9 Å². The van der Waals surface area contributed by atoms with Gasteiger partial charge in [0.15, 0.2) is 0 Å². The Morgan fingerprint density at radius 1 is 1.38 bits per heavy atom. The van der Waals surface area contributed by atoms with Crippen LogP contribution < -0.4 is 0 Å². The number of hydrogen-bond donors (Lipinski definition) is 0. The molecule has 16 heavy (non-hydrogen) atoms. The maximum absolute atomic E-state index is 6.05. The van der Waals surface area contributed by atoms with Gasteiger partial charge < -0.3 is 0 Å². The fourth-order valence-corrected chi connectivity index (χ4v) is 1.69. The average Bonchev–Trinajstić information content (AvgIpc) is 2.71. The molecule has 1 heterocycles. The lowest BCUT2D eigenvalue weighted by Crippen LogP contribution is -1.97. The fourth-order valence-electron chi connectivity index (χ4n) is 1.42. The van der Waals surface area contributed by atoms with Crippen molar-refractivity contribution in [2.24, 2.45) is 0 Å². The van der Waals surface area contributed by atoms with Crippen molar-refractivity contribution >= 4 is 23.2 Å². The molecule has 1 aromatic carbocycles. The first-order valence-electron chi connectivity index (χ1n) is 4.91. The molecule has 0 spiro atoms. The number of alkyl halides is 1. The predicted molar refractivity (Wildman–Crippen MR) is 65.4 cm³/mol. The maximum Gasteiger partial charge on any atom is 0.101 e. The van der Waals surface area contributed by atoms with Gasteiger partial charge in [-0.3, -0.25) is 0 Å². The molecule has 0 N–H and O–H groups in total. The minimum absolute atomic E-state index is 0.145. The molecule has 0 amide bonds. The van der Waals surface area contributed by atoms with Crippen LogP contribution in [0.25, 0.3) is 5.69 Å². The van der Waals surface area contributed by atoms with E-state index in [9.17, 15) is 0 Å². The van der Waals surface area contributed by atoms with E-state index in [4.69, 9.17) is 23.2 Å². The van der Waals surface area contributed by atoms with Crippen molar-refractivity contribution in [2.75, 3.05) is 0 Å². The molecular weight excluding hydrogens is 245 g/mol. The smallest absolute Gasteiger partial charge is 0.101 e. The summed E-state index contributed by atoms with van der Waals surface area (Å²) in [6.07, 6.45) is 1.82. The Labute approximate surface area is 104 Å². The van der Waals surface area contributed by atoms with Crippen molar-refractivity contribution in [3.8, 4) is 5.69 Å². The molecule has 0 bridgehead atoms. The topological polar surface area (TPSA) is 30.7 Å². The molecule has 5 heteroatoms. The Bertz CT molecular complexity index is 506. The lowest BCUT2D eigenvalue weighted by Gasteiger charge is -2.05. The van der Waals surface area contributed by atoms with Crippen LogP contribution >= 0.6 is 23.2 Å². The normalized spacial score (nSPS) is 12.8. The minimum atomic E-state index is -0.145.